The predicted octanol–water partition coefficient (Wildman–Crippen LogP) is 1.76. The van der Waals surface area contributed by atoms with Crippen LogP contribution in [0.5, 0.6) is 0 Å². The Balaban J connectivity index is 1.54. The van der Waals surface area contributed by atoms with Crippen LogP contribution < -0.4 is 16.0 Å². The second-order valence-corrected chi connectivity index (χ2v) is 5.77. The highest BCUT2D eigenvalue weighted by molar-refractivity contribution is 6.23. The maximum absolute atomic E-state index is 11.8. The zero-order valence-corrected chi connectivity index (χ0v) is 12.1. The summed E-state index contributed by atoms with van der Waals surface area (Å²) in [6, 6.07) is 5.36. The summed E-state index contributed by atoms with van der Waals surface area (Å²) >= 11 is 0. The van der Waals surface area contributed by atoms with Crippen molar-refractivity contribution in [1.82, 2.24) is 10.6 Å². The second-order valence-electron chi connectivity index (χ2n) is 5.77. The molecule has 2 aliphatic rings. The number of nitrogens with one attached hydrogen (secondary N) is 3. The molecule has 0 radical (unpaired) electrons. The zero-order chi connectivity index (χ0) is 14.7. The second kappa shape index (κ2) is 6.26. The highest BCUT2D eigenvalue weighted by atomic mass is 16.2. The topological polar surface area (TPSA) is 70.2 Å². The van der Waals surface area contributed by atoms with E-state index in [-0.39, 0.29) is 11.8 Å². The van der Waals surface area contributed by atoms with Gasteiger partial charge in [0, 0.05) is 12.2 Å². The number of imide groups is 1. The molecule has 0 unspecified atom stereocenters. The van der Waals surface area contributed by atoms with Gasteiger partial charge in [-0.1, -0.05) is 6.07 Å². The van der Waals surface area contributed by atoms with E-state index in [0.717, 1.165) is 37.7 Å². The van der Waals surface area contributed by atoms with E-state index < -0.39 is 0 Å². The molecule has 0 spiro atoms. The van der Waals surface area contributed by atoms with Crippen molar-refractivity contribution in [3.63, 3.8) is 0 Å². The van der Waals surface area contributed by atoms with Crippen molar-refractivity contribution in [2.45, 2.75) is 25.7 Å². The number of rotatable bonds is 5. The van der Waals surface area contributed by atoms with Gasteiger partial charge in [-0.15, -0.1) is 0 Å². The summed E-state index contributed by atoms with van der Waals surface area (Å²) in [5, 5.41) is 9.02. The highest BCUT2D eigenvalue weighted by Gasteiger charge is 2.28. The summed E-state index contributed by atoms with van der Waals surface area (Å²) in [6.45, 7) is 3.10. The van der Waals surface area contributed by atoms with Crippen LogP contribution in [0.4, 0.5) is 5.69 Å². The first-order valence-corrected chi connectivity index (χ1v) is 7.69. The Morgan fingerprint density at radius 3 is 2.76 bits per heavy atom. The molecule has 2 aliphatic heterocycles. The van der Waals surface area contributed by atoms with E-state index in [1.54, 1.807) is 6.07 Å². The van der Waals surface area contributed by atoms with Gasteiger partial charge in [-0.05, 0) is 56.8 Å². The molecular weight excluding hydrogens is 266 g/mol. The lowest BCUT2D eigenvalue weighted by molar-refractivity contribution is 0.0880. The van der Waals surface area contributed by atoms with E-state index in [1.807, 2.05) is 12.1 Å². The lowest BCUT2D eigenvalue weighted by Gasteiger charge is -2.22. The SMILES string of the molecule is O=C1NC(=O)c2c(NCCCC3CCNCC3)cccc21. The van der Waals surface area contributed by atoms with Crippen LogP contribution in [0.2, 0.25) is 0 Å². The quantitative estimate of drug-likeness (QED) is 0.570. The van der Waals surface area contributed by atoms with Gasteiger partial charge in [0.1, 0.15) is 0 Å². The number of piperidine rings is 1. The summed E-state index contributed by atoms with van der Waals surface area (Å²) in [5.41, 5.74) is 1.73. The van der Waals surface area contributed by atoms with Gasteiger partial charge in [-0.2, -0.15) is 0 Å². The van der Waals surface area contributed by atoms with Gasteiger partial charge in [0.2, 0.25) is 0 Å². The molecule has 21 heavy (non-hydrogen) atoms. The molecule has 5 heteroatoms. The number of fused-ring (bicyclic) bond motifs is 1. The third kappa shape index (κ3) is 3.08. The predicted molar refractivity (Wildman–Crippen MR) is 81.6 cm³/mol. The molecule has 112 valence electrons. The number of carbonyl (C=O) groups excluding carboxylic acids is 2. The lowest BCUT2D eigenvalue weighted by Crippen LogP contribution is -2.27. The van der Waals surface area contributed by atoms with E-state index in [0.29, 0.717) is 11.1 Å². The molecule has 0 aliphatic carbocycles. The normalized spacial score (nSPS) is 18.5. The van der Waals surface area contributed by atoms with Crippen LogP contribution >= 0.6 is 0 Å². The van der Waals surface area contributed by atoms with E-state index in [1.165, 1.54) is 19.3 Å². The number of anilines is 1. The first kappa shape index (κ1) is 14.1. The van der Waals surface area contributed by atoms with Crippen molar-refractivity contribution < 1.29 is 9.59 Å². The number of amides is 2. The Morgan fingerprint density at radius 1 is 1.14 bits per heavy atom. The molecule has 0 atom stereocenters. The Morgan fingerprint density at radius 2 is 1.95 bits per heavy atom. The van der Waals surface area contributed by atoms with E-state index in [9.17, 15) is 9.59 Å². The molecule has 1 saturated heterocycles. The zero-order valence-electron chi connectivity index (χ0n) is 12.1. The van der Waals surface area contributed by atoms with E-state index >= 15 is 0 Å². The molecule has 2 heterocycles. The molecule has 0 bridgehead atoms. The highest BCUT2D eigenvalue weighted by Crippen LogP contribution is 2.24. The van der Waals surface area contributed by atoms with Gasteiger partial charge in [-0.25, -0.2) is 0 Å². The minimum atomic E-state index is -0.298. The third-order valence-corrected chi connectivity index (χ3v) is 4.33. The van der Waals surface area contributed by atoms with Crippen LogP contribution in [0, 0.1) is 5.92 Å². The molecular formula is C16H21N3O2. The van der Waals surface area contributed by atoms with Crippen LogP contribution in [-0.2, 0) is 0 Å². The molecule has 1 aromatic carbocycles. The van der Waals surface area contributed by atoms with Crippen LogP contribution in [-0.4, -0.2) is 31.4 Å². The maximum atomic E-state index is 11.8. The fraction of sp³-hybridized carbons (Fsp3) is 0.500. The van der Waals surface area contributed by atoms with Crippen molar-refractivity contribution >= 4 is 17.5 Å². The molecule has 0 aromatic heterocycles. The summed E-state index contributed by atoms with van der Waals surface area (Å²) in [5.74, 6) is 0.226. The van der Waals surface area contributed by atoms with Crippen molar-refractivity contribution in [3.8, 4) is 0 Å². The lowest BCUT2D eigenvalue weighted by atomic mass is 9.93. The molecule has 0 saturated carbocycles. The van der Waals surface area contributed by atoms with Crippen molar-refractivity contribution in [2.75, 3.05) is 25.0 Å². The van der Waals surface area contributed by atoms with Gasteiger partial charge in [0.25, 0.3) is 11.8 Å². The van der Waals surface area contributed by atoms with Crippen molar-refractivity contribution in [1.29, 1.82) is 0 Å². The van der Waals surface area contributed by atoms with Gasteiger partial charge in [-0.3, -0.25) is 14.9 Å². The summed E-state index contributed by atoms with van der Waals surface area (Å²) in [7, 11) is 0. The Hall–Kier alpha value is -1.88. The Labute approximate surface area is 124 Å². The van der Waals surface area contributed by atoms with Gasteiger partial charge in [0.15, 0.2) is 0 Å². The number of carbonyl (C=O) groups is 2. The smallest absolute Gasteiger partial charge is 0.261 e. The largest absolute Gasteiger partial charge is 0.384 e. The number of hydrogen-bond donors (Lipinski definition) is 3. The van der Waals surface area contributed by atoms with E-state index in [4.69, 9.17) is 0 Å². The summed E-state index contributed by atoms with van der Waals surface area (Å²) < 4.78 is 0. The van der Waals surface area contributed by atoms with Crippen molar-refractivity contribution in [2.24, 2.45) is 5.92 Å². The third-order valence-electron chi connectivity index (χ3n) is 4.33. The number of hydrogen-bond acceptors (Lipinski definition) is 4. The van der Waals surface area contributed by atoms with Crippen LogP contribution in [0.3, 0.4) is 0 Å². The number of benzene rings is 1. The first-order chi connectivity index (χ1) is 10.3. The molecule has 3 rings (SSSR count). The fourth-order valence-electron chi connectivity index (χ4n) is 3.15. The van der Waals surface area contributed by atoms with E-state index in [2.05, 4.69) is 16.0 Å². The minimum Gasteiger partial charge on any atom is -0.384 e. The fourth-order valence-corrected chi connectivity index (χ4v) is 3.15. The van der Waals surface area contributed by atoms with Gasteiger partial charge in [0.05, 0.1) is 11.1 Å². The monoisotopic (exact) mass is 287 g/mol. The van der Waals surface area contributed by atoms with Crippen LogP contribution in [0.25, 0.3) is 0 Å². The Bertz CT molecular complexity index is 550. The Kier molecular flexibility index (Phi) is 4.20. The molecule has 2 amide bonds. The van der Waals surface area contributed by atoms with Crippen molar-refractivity contribution in [3.05, 3.63) is 29.3 Å². The van der Waals surface area contributed by atoms with Crippen LogP contribution in [0.15, 0.2) is 18.2 Å². The molecule has 1 aromatic rings. The average Bonchev–Trinajstić information content (AvgIpc) is 2.80. The van der Waals surface area contributed by atoms with Crippen LogP contribution in [0.1, 0.15) is 46.4 Å². The minimum absolute atomic E-state index is 0.295. The maximum Gasteiger partial charge on any atom is 0.261 e. The standard InChI is InChI=1S/C16H21N3O2/c20-15-12-4-1-5-13(14(12)16(21)19-15)18-8-2-3-11-6-9-17-10-7-11/h1,4-5,11,17-18H,2-3,6-10H2,(H,19,20,21). The molecule has 1 fully saturated rings. The average molecular weight is 287 g/mol. The first-order valence-electron chi connectivity index (χ1n) is 7.69. The summed E-state index contributed by atoms with van der Waals surface area (Å²) in [4.78, 5) is 23.4. The molecule has 5 nitrogen and oxygen atoms in total. The summed E-state index contributed by atoms with van der Waals surface area (Å²) in [6.07, 6.45) is 4.83. The van der Waals surface area contributed by atoms with Gasteiger partial charge >= 0.3 is 0 Å². The van der Waals surface area contributed by atoms with Gasteiger partial charge < -0.3 is 10.6 Å². The molecule has 3 N–H and O–H groups in total.